The second-order valence-corrected chi connectivity index (χ2v) is 7.51. The van der Waals surface area contributed by atoms with Crippen molar-refractivity contribution < 1.29 is 13.2 Å². The summed E-state index contributed by atoms with van der Waals surface area (Å²) in [5.74, 6) is 0. The number of nitrogens with one attached hydrogen (secondary N) is 2. The van der Waals surface area contributed by atoms with E-state index in [4.69, 9.17) is 4.74 Å². The minimum absolute atomic E-state index is 0.0412. The van der Waals surface area contributed by atoms with Crippen LogP contribution in [0.1, 0.15) is 33.1 Å². The molecule has 1 saturated heterocycles. The molecule has 6 nitrogen and oxygen atoms in total. The lowest BCUT2D eigenvalue weighted by Crippen LogP contribution is -2.49. The van der Waals surface area contributed by atoms with Crippen LogP contribution in [-0.2, 0) is 14.9 Å². The minimum Gasteiger partial charge on any atom is -0.375 e. The fourth-order valence-corrected chi connectivity index (χ4v) is 3.40. The average Bonchev–Trinajstić information content (AvgIpc) is 2.27. The molecule has 7 heteroatoms. The predicted molar refractivity (Wildman–Crippen MR) is 76.3 cm³/mol. The summed E-state index contributed by atoms with van der Waals surface area (Å²) in [4.78, 5) is 0. The smallest absolute Gasteiger partial charge is 0.279 e. The Hall–Kier alpha value is -0.210. The van der Waals surface area contributed by atoms with Crippen molar-refractivity contribution in [1.29, 1.82) is 0 Å². The van der Waals surface area contributed by atoms with Crippen LogP contribution in [0.15, 0.2) is 0 Å². The van der Waals surface area contributed by atoms with Crippen LogP contribution in [0.3, 0.4) is 0 Å². The lowest BCUT2D eigenvalue weighted by molar-refractivity contribution is -0.0600. The molecule has 1 unspecified atom stereocenters. The van der Waals surface area contributed by atoms with Gasteiger partial charge in [0.15, 0.2) is 0 Å². The van der Waals surface area contributed by atoms with Gasteiger partial charge in [-0.25, -0.2) is 0 Å². The third-order valence-electron chi connectivity index (χ3n) is 3.32. The van der Waals surface area contributed by atoms with E-state index in [1.54, 1.807) is 7.05 Å². The Balaban J connectivity index is 2.49. The van der Waals surface area contributed by atoms with Crippen molar-refractivity contribution in [3.05, 3.63) is 0 Å². The third kappa shape index (κ3) is 5.74. The Labute approximate surface area is 117 Å². The maximum Gasteiger partial charge on any atom is 0.279 e. The summed E-state index contributed by atoms with van der Waals surface area (Å²) in [6, 6.07) is -0.0412. The summed E-state index contributed by atoms with van der Waals surface area (Å²) in [6.07, 6.45) is 2.23. The summed E-state index contributed by atoms with van der Waals surface area (Å²) in [5.41, 5.74) is -0.254. The zero-order chi connectivity index (χ0) is 14.5. The standard InChI is InChI=1S/C12H27N3O3S/c1-12(2)10-11(6-9-18-12)14-19(16,17)15(4)8-5-7-13-3/h11,13-14H,5-10H2,1-4H3. The van der Waals surface area contributed by atoms with Crippen molar-refractivity contribution in [3.8, 4) is 0 Å². The van der Waals surface area contributed by atoms with Crippen LogP contribution in [0, 0.1) is 0 Å². The first kappa shape index (κ1) is 16.8. The molecule has 0 amide bonds. The van der Waals surface area contributed by atoms with Crippen LogP contribution in [0.4, 0.5) is 0 Å². The van der Waals surface area contributed by atoms with Gasteiger partial charge in [0.05, 0.1) is 5.60 Å². The highest BCUT2D eigenvalue weighted by atomic mass is 32.2. The molecule has 2 N–H and O–H groups in total. The first-order chi connectivity index (χ1) is 8.77. The van der Waals surface area contributed by atoms with Crippen LogP contribution < -0.4 is 10.0 Å². The van der Waals surface area contributed by atoms with Crippen molar-refractivity contribution >= 4 is 10.2 Å². The Morgan fingerprint density at radius 2 is 2.11 bits per heavy atom. The van der Waals surface area contributed by atoms with E-state index in [1.165, 1.54) is 4.31 Å². The van der Waals surface area contributed by atoms with Crippen molar-refractivity contribution in [2.24, 2.45) is 0 Å². The van der Waals surface area contributed by atoms with Gasteiger partial charge in [0.1, 0.15) is 0 Å². The lowest BCUT2D eigenvalue weighted by atomic mass is 9.95. The highest BCUT2D eigenvalue weighted by Gasteiger charge is 2.32. The zero-order valence-corrected chi connectivity index (χ0v) is 13.2. The number of rotatable bonds is 7. The van der Waals surface area contributed by atoms with Crippen LogP contribution >= 0.6 is 0 Å². The highest BCUT2D eigenvalue weighted by Crippen LogP contribution is 2.24. The van der Waals surface area contributed by atoms with Gasteiger partial charge in [0.25, 0.3) is 10.2 Å². The maximum absolute atomic E-state index is 12.2. The van der Waals surface area contributed by atoms with E-state index in [2.05, 4.69) is 10.0 Å². The molecule has 0 radical (unpaired) electrons. The van der Waals surface area contributed by atoms with Crippen LogP contribution in [0.2, 0.25) is 0 Å². The van der Waals surface area contributed by atoms with Crippen molar-refractivity contribution in [2.75, 3.05) is 33.8 Å². The second kappa shape index (κ2) is 6.99. The molecule has 0 bridgehead atoms. The minimum atomic E-state index is -3.39. The summed E-state index contributed by atoms with van der Waals surface area (Å²) < 4.78 is 34.1. The monoisotopic (exact) mass is 293 g/mol. The van der Waals surface area contributed by atoms with Gasteiger partial charge in [-0.05, 0) is 46.7 Å². The highest BCUT2D eigenvalue weighted by molar-refractivity contribution is 7.87. The molecule has 1 rings (SSSR count). The molecule has 19 heavy (non-hydrogen) atoms. The van der Waals surface area contributed by atoms with Gasteiger partial charge >= 0.3 is 0 Å². The summed E-state index contributed by atoms with van der Waals surface area (Å²) in [6.45, 7) is 5.91. The molecule has 1 atom stereocenters. The SMILES string of the molecule is CNCCCN(C)S(=O)(=O)NC1CCOC(C)(C)C1. The third-order valence-corrected chi connectivity index (χ3v) is 4.96. The summed E-state index contributed by atoms with van der Waals surface area (Å²) in [5, 5.41) is 3.01. The van der Waals surface area contributed by atoms with E-state index in [9.17, 15) is 8.42 Å². The van der Waals surface area contributed by atoms with Gasteiger partial charge in [-0.2, -0.15) is 17.4 Å². The molecule has 0 aromatic rings. The number of nitrogens with zero attached hydrogens (tertiary/aromatic N) is 1. The van der Waals surface area contributed by atoms with Gasteiger partial charge < -0.3 is 10.1 Å². The molecule has 0 aromatic heterocycles. The first-order valence-corrected chi connectivity index (χ1v) is 8.23. The summed E-state index contributed by atoms with van der Waals surface area (Å²) in [7, 11) is 0.0810. The molecular formula is C12H27N3O3S. The molecule has 1 aliphatic rings. The van der Waals surface area contributed by atoms with E-state index < -0.39 is 10.2 Å². The normalized spacial score (nSPS) is 23.7. The molecule has 1 fully saturated rings. The van der Waals surface area contributed by atoms with Gasteiger partial charge in [-0.15, -0.1) is 0 Å². The fourth-order valence-electron chi connectivity index (χ4n) is 2.23. The Bertz CT molecular complexity index is 370. The molecule has 114 valence electrons. The summed E-state index contributed by atoms with van der Waals surface area (Å²) >= 11 is 0. The Morgan fingerprint density at radius 3 is 2.68 bits per heavy atom. The fraction of sp³-hybridized carbons (Fsp3) is 1.00. The topological polar surface area (TPSA) is 70.7 Å². The van der Waals surface area contributed by atoms with Gasteiger partial charge in [0, 0.05) is 26.2 Å². The quantitative estimate of drug-likeness (QED) is 0.663. The Morgan fingerprint density at radius 1 is 1.42 bits per heavy atom. The number of ether oxygens (including phenoxy) is 1. The van der Waals surface area contributed by atoms with Crippen molar-refractivity contribution in [1.82, 2.24) is 14.3 Å². The molecule has 0 aliphatic carbocycles. The predicted octanol–water partition coefficient (Wildman–Crippen LogP) is 0.320. The van der Waals surface area contributed by atoms with Crippen LogP contribution in [-0.4, -0.2) is 58.2 Å². The molecule has 0 aromatic carbocycles. The maximum atomic E-state index is 12.2. The van der Waals surface area contributed by atoms with E-state index in [0.717, 1.165) is 19.4 Å². The van der Waals surface area contributed by atoms with E-state index in [1.807, 2.05) is 20.9 Å². The molecule has 1 heterocycles. The first-order valence-electron chi connectivity index (χ1n) is 6.79. The van der Waals surface area contributed by atoms with E-state index >= 15 is 0 Å². The van der Waals surface area contributed by atoms with Crippen molar-refractivity contribution in [2.45, 2.75) is 44.8 Å². The Kier molecular flexibility index (Phi) is 6.19. The molecule has 1 aliphatic heterocycles. The van der Waals surface area contributed by atoms with E-state index in [0.29, 0.717) is 19.6 Å². The van der Waals surface area contributed by atoms with Crippen LogP contribution in [0.5, 0.6) is 0 Å². The molecule has 0 spiro atoms. The van der Waals surface area contributed by atoms with Crippen molar-refractivity contribution in [3.63, 3.8) is 0 Å². The second-order valence-electron chi connectivity index (χ2n) is 5.70. The van der Waals surface area contributed by atoms with E-state index in [-0.39, 0.29) is 11.6 Å². The average molecular weight is 293 g/mol. The zero-order valence-electron chi connectivity index (χ0n) is 12.4. The van der Waals surface area contributed by atoms with Crippen LogP contribution in [0.25, 0.3) is 0 Å². The van der Waals surface area contributed by atoms with Gasteiger partial charge in [0.2, 0.25) is 0 Å². The number of hydrogen-bond acceptors (Lipinski definition) is 4. The van der Waals surface area contributed by atoms with Gasteiger partial charge in [-0.1, -0.05) is 0 Å². The lowest BCUT2D eigenvalue weighted by Gasteiger charge is -2.36. The molecule has 0 saturated carbocycles. The van der Waals surface area contributed by atoms with Gasteiger partial charge in [-0.3, -0.25) is 0 Å². The number of hydrogen-bond donors (Lipinski definition) is 2. The largest absolute Gasteiger partial charge is 0.375 e. The molecular weight excluding hydrogens is 266 g/mol.